The Morgan fingerprint density at radius 1 is 1.14 bits per heavy atom. The van der Waals surface area contributed by atoms with E-state index in [0.717, 1.165) is 17.5 Å². The first-order valence-electron chi connectivity index (χ1n) is 12.0. The zero-order valence-corrected chi connectivity index (χ0v) is 21.3. The molecule has 0 bridgehead atoms. The van der Waals surface area contributed by atoms with Crippen LogP contribution < -0.4 is 15.2 Å². The average Bonchev–Trinajstić information content (AvgIpc) is 3.32. The molecule has 5 rings (SSSR count). The number of Topliss-reactive ketones (excluding diaryl/α,β-unsaturated/α-hetero) is 1. The highest BCUT2D eigenvalue weighted by Gasteiger charge is 2.26. The van der Waals surface area contributed by atoms with Gasteiger partial charge in [0.2, 0.25) is 0 Å². The van der Waals surface area contributed by atoms with Gasteiger partial charge in [0, 0.05) is 23.1 Å². The van der Waals surface area contributed by atoms with Gasteiger partial charge in [-0.05, 0) is 41.7 Å². The summed E-state index contributed by atoms with van der Waals surface area (Å²) in [6, 6.07) is 13.3. The summed E-state index contributed by atoms with van der Waals surface area (Å²) < 4.78 is 6.89. The van der Waals surface area contributed by atoms with Crippen LogP contribution in [0.15, 0.2) is 59.0 Å². The maximum atomic E-state index is 13.4. The Morgan fingerprint density at radius 3 is 2.64 bits per heavy atom. The number of nitrogens with zero attached hydrogens (tertiary/aromatic N) is 3. The van der Waals surface area contributed by atoms with Gasteiger partial charge in [-0.2, -0.15) is 0 Å². The number of rotatable bonds is 7. The maximum Gasteiger partial charge on any atom is 0.265 e. The summed E-state index contributed by atoms with van der Waals surface area (Å²) >= 11 is 1.42. The molecule has 0 unspecified atom stereocenters. The number of carbonyl (C=O) groups excluding carboxylic acids is 2. The molecule has 0 atom stereocenters. The first kappa shape index (κ1) is 23.9. The molecule has 1 aliphatic rings. The molecular weight excluding hydrogens is 474 g/mol. The Bertz CT molecular complexity index is 1520. The van der Waals surface area contributed by atoms with Crippen LogP contribution in [0.25, 0.3) is 21.3 Å². The number of carbonyl (C=O) groups is 2. The van der Waals surface area contributed by atoms with Crippen LogP contribution in [-0.2, 0) is 11.3 Å². The molecule has 3 heterocycles. The quantitative estimate of drug-likeness (QED) is 0.323. The van der Waals surface area contributed by atoms with Crippen molar-refractivity contribution in [3.8, 4) is 16.9 Å². The van der Waals surface area contributed by atoms with Gasteiger partial charge in [0.15, 0.2) is 12.4 Å². The summed E-state index contributed by atoms with van der Waals surface area (Å²) in [6.45, 7) is 6.66. The molecule has 184 valence electrons. The Balaban J connectivity index is 1.46. The van der Waals surface area contributed by atoms with Crippen molar-refractivity contribution in [1.82, 2.24) is 9.55 Å². The van der Waals surface area contributed by atoms with Crippen LogP contribution in [0.2, 0.25) is 0 Å². The number of benzene rings is 2. The lowest BCUT2D eigenvalue weighted by Crippen LogP contribution is -2.39. The standard InChI is InChI=1S/C28H27N3O4S/c1-4-11-31-22-12-20(9-10-24(22)35-14-25(31)33)23(32)13-30-16-29-27-26(28(30)34)21(15-36-27)19-7-5-18(6-8-19)17(2)3/h5-10,12,15-17H,4,11,13-14H2,1-3H3. The van der Waals surface area contributed by atoms with E-state index in [0.29, 0.717) is 39.7 Å². The number of ether oxygens (including phenoxy) is 1. The predicted molar refractivity (Wildman–Crippen MR) is 142 cm³/mol. The molecule has 7 nitrogen and oxygen atoms in total. The third-order valence-corrected chi connectivity index (χ3v) is 7.32. The number of hydrogen-bond acceptors (Lipinski definition) is 6. The smallest absolute Gasteiger partial charge is 0.265 e. The number of anilines is 1. The molecule has 1 aliphatic heterocycles. The highest BCUT2D eigenvalue weighted by Crippen LogP contribution is 2.34. The Hall–Kier alpha value is -3.78. The van der Waals surface area contributed by atoms with Crippen LogP contribution >= 0.6 is 11.3 Å². The van der Waals surface area contributed by atoms with E-state index in [4.69, 9.17) is 4.74 Å². The molecule has 0 radical (unpaired) electrons. The molecule has 8 heteroatoms. The normalized spacial score (nSPS) is 13.2. The number of hydrogen-bond donors (Lipinski definition) is 0. The van der Waals surface area contributed by atoms with Gasteiger partial charge in [0.05, 0.1) is 23.9 Å². The van der Waals surface area contributed by atoms with E-state index in [1.165, 1.54) is 27.8 Å². The second kappa shape index (κ2) is 9.70. The zero-order chi connectivity index (χ0) is 25.4. The lowest BCUT2D eigenvalue weighted by Gasteiger charge is -2.29. The maximum absolute atomic E-state index is 13.4. The van der Waals surface area contributed by atoms with Gasteiger partial charge < -0.3 is 9.64 Å². The fourth-order valence-electron chi connectivity index (χ4n) is 4.43. The topological polar surface area (TPSA) is 81.5 Å². The van der Waals surface area contributed by atoms with E-state index in [-0.39, 0.29) is 30.4 Å². The minimum absolute atomic E-state index is 0.00938. The first-order valence-corrected chi connectivity index (χ1v) is 12.9. The average molecular weight is 502 g/mol. The van der Waals surface area contributed by atoms with Crippen LogP contribution in [0.1, 0.15) is 49.0 Å². The second-order valence-electron chi connectivity index (χ2n) is 9.22. The summed E-state index contributed by atoms with van der Waals surface area (Å²) in [7, 11) is 0. The number of aromatic nitrogens is 2. The SMILES string of the molecule is CCCN1C(=O)COc2ccc(C(=O)Cn3cnc4scc(-c5ccc(C(C)C)cc5)c4c3=O)cc21. The molecule has 0 N–H and O–H groups in total. The molecule has 2 aromatic carbocycles. The van der Waals surface area contributed by atoms with Crippen LogP contribution in [0, 0.1) is 0 Å². The van der Waals surface area contributed by atoms with Gasteiger partial charge in [0.1, 0.15) is 10.6 Å². The van der Waals surface area contributed by atoms with Gasteiger partial charge in [-0.1, -0.05) is 45.0 Å². The number of thiophene rings is 1. The minimum Gasteiger partial charge on any atom is -0.482 e. The number of fused-ring (bicyclic) bond motifs is 2. The number of ketones is 1. The lowest BCUT2D eigenvalue weighted by atomic mass is 9.99. The van der Waals surface area contributed by atoms with E-state index in [2.05, 4.69) is 31.0 Å². The molecule has 0 saturated heterocycles. The van der Waals surface area contributed by atoms with Crippen molar-refractivity contribution >= 4 is 38.9 Å². The first-order chi connectivity index (χ1) is 17.4. The predicted octanol–water partition coefficient (Wildman–Crippen LogP) is 5.27. The monoisotopic (exact) mass is 501 g/mol. The van der Waals surface area contributed by atoms with Crippen molar-refractivity contribution in [1.29, 1.82) is 0 Å². The molecule has 0 aliphatic carbocycles. The molecule has 0 spiro atoms. The summed E-state index contributed by atoms with van der Waals surface area (Å²) in [6.07, 6.45) is 2.22. The fourth-order valence-corrected chi connectivity index (χ4v) is 5.34. The molecule has 0 fully saturated rings. The van der Waals surface area contributed by atoms with Crippen LogP contribution in [0.5, 0.6) is 5.75 Å². The van der Waals surface area contributed by atoms with Crippen LogP contribution in [0.3, 0.4) is 0 Å². The summed E-state index contributed by atoms with van der Waals surface area (Å²) in [5, 5.41) is 2.46. The zero-order valence-electron chi connectivity index (χ0n) is 20.5. The Kier molecular flexibility index (Phi) is 6.45. The van der Waals surface area contributed by atoms with Gasteiger partial charge in [-0.3, -0.25) is 19.0 Å². The van der Waals surface area contributed by atoms with Crippen molar-refractivity contribution in [2.75, 3.05) is 18.1 Å². The van der Waals surface area contributed by atoms with E-state index in [9.17, 15) is 14.4 Å². The Labute approximate surface area is 213 Å². The summed E-state index contributed by atoms with van der Waals surface area (Å²) in [5.41, 5.74) is 3.75. The van der Waals surface area contributed by atoms with Crippen molar-refractivity contribution in [3.05, 3.63) is 75.7 Å². The van der Waals surface area contributed by atoms with Gasteiger partial charge in [0.25, 0.3) is 11.5 Å². The fraction of sp³-hybridized carbons (Fsp3) is 0.286. The van der Waals surface area contributed by atoms with Crippen molar-refractivity contribution in [2.24, 2.45) is 0 Å². The molecule has 2 aromatic heterocycles. The number of amides is 1. The van der Waals surface area contributed by atoms with Crippen LogP contribution in [0.4, 0.5) is 5.69 Å². The summed E-state index contributed by atoms with van der Waals surface area (Å²) in [4.78, 5) is 45.7. The van der Waals surface area contributed by atoms with E-state index < -0.39 is 0 Å². The molecule has 36 heavy (non-hydrogen) atoms. The van der Waals surface area contributed by atoms with E-state index in [1.54, 1.807) is 23.1 Å². The van der Waals surface area contributed by atoms with Crippen molar-refractivity contribution < 1.29 is 14.3 Å². The highest BCUT2D eigenvalue weighted by atomic mass is 32.1. The highest BCUT2D eigenvalue weighted by molar-refractivity contribution is 7.17. The van der Waals surface area contributed by atoms with Crippen molar-refractivity contribution in [3.63, 3.8) is 0 Å². The van der Waals surface area contributed by atoms with Gasteiger partial charge in [-0.15, -0.1) is 11.3 Å². The lowest BCUT2D eigenvalue weighted by molar-refractivity contribution is -0.121. The molecular formula is C28H27N3O4S. The van der Waals surface area contributed by atoms with Crippen LogP contribution in [-0.4, -0.2) is 34.4 Å². The van der Waals surface area contributed by atoms with Crippen molar-refractivity contribution in [2.45, 2.75) is 39.7 Å². The molecule has 0 saturated carbocycles. The Morgan fingerprint density at radius 2 is 1.92 bits per heavy atom. The van der Waals surface area contributed by atoms with Gasteiger partial charge >= 0.3 is 0 Å². The van der Waals surface area contributed by atoms with E-state index in [1.807, 2.05) is 24.4 Å². The molecule has 4 aromatic rings. The summed E-state index contributed by atoms with van der Waals surface area (Å²) in [5.74, 6) is 0.622. The minimum atomic E-state index is -0.249. The third-order valence-electron chi connectivity index (χ3n) is 6.43. The molecule has 1 amide bonds. The van der Waals surface area contributed by atoms with Gasteiger partial charge in [-0.25, -0.2) is 4.98 Å². The third kappa shape index (κ3) is 4.33. The second-order valence-corrected chi connectivity index (χ2v) is 10.1. The van der Waals surface area contributed by atoms with E-state index >= 15 is 0 Å². The largest absolute Gasteiger partial charge is 0.482 e.